The fourth-order valence-corrected chi connectivity index (χ4v) is 2.38. The van der Waals surface area contributed by atoms with Crippen molar-refractivity contribution >= 4 is 23.2 Å². The van der Waals surface area contributed by atoms with Crippen LogP contribution in [-0.2, 0) is 4.33 Å². The lowest BCUT2D eigenvalue weighted by Crippen LogP contribution is -2.20. The Morgan fingerprint density at radius 2 is 1.78 bits per heavy atom. The zero-order valence-corrected chi connectivity index (χ0v) is 11.1. The van der Waals surface area contributed by atoms with E-state index in [0.29, 0.717) is 16.7 Å². The van der Waals surface area contributed by atoms with E-state index in [1.807, 2.05) is 0 Å². The molecule has 0 amide bonds. The predicted octanol–water partition coefficient (Wildman–Crippen LogP) is 3.07. The molecule has 0 spiro atoms. The summed E-state index contributed by atoms with van der Waals surface area (Å²) in [6, 6.07) is 7.91. The minimum Gasteiger partial charge on any atom is -0.508 e. The number of alkyl halides is 2. The molecular formula is C13H11Cl2NO2. The molecule has 0 aliphatic rings. The summed E-state index contributed by atoms with van der Waals surface area (Å²) >= 11 is 12.7. The number of phenolic OH excluding ortho intramolecular Hbond substituents is 1. The Balaban J connectivity index is 2.57. The third-order valence-electron chi connectivity index (χ3n) is 2.78. The molecule has 0 saturated heterocycles. The van der Waals surface area contributed by atoms with Crippen molar-refractivity contribution in [2.45, 2.75) is 11.3 Å². The second-order valence-electron chi connectivity index (χ2n) is 3.97. The highest BCUT2D eigenvalue weighted by molar-refractivity contribution is 6.50. The summed E-state index contributed by atoms with van der Waals surface area (Å²) in [4.78, 5) is 14.1. The lowest BCUT2D eigenvalue weighted by atomic mass is 10.0. The fraction of sp³-hybridized carbons (Fsp3) is 0.154. The summed E-state index contributed by atoms with van der Waals surface area (Å²) in [6.45, 7) is 1.66. The Hall–Kier alpha value is -1.45. The van der Waals surface area contributed by atoms with E-state index in [2.05, 4.69) is 4.98 Å². The van der Waals surface area contributed by atoms with Gasteiger partial charge in [0.25, 0.3) is 5.56 Å². The van der Waals surface area contributed by atoms with Crippen LogP contribution < -0.4 is 5.56 Å². The zero-order chi connectivity index (χ0) is 13.3. The van der Waals surface area contributed by atoms with Crippen molar-refractivity contribution in [2.24, 2.45) is 0 Å². The Labute approximate surface area is 114 Å². The van der Waals surface area contributed by atoms with Gasteiger partial charge in [-0.25, -0.2) is 0 Å². The van der Waals surface area contributed by atoms with Gasteiger partial charge >= 0.3 is 0 Å². The Morgan fingerprint density at radius 1 is 1.17 bits per heavy atom. The molecule has 1 heterocycles. The number of H-pyrrole nitrogens is 1. The number of aromatic amines is 1. The molecule has 3 nitrogen and oxygen atoms in total. The van der Waals surface area contributed by atoms with Gasteiger partial charge < -0.3 is 10.1 Å². The van der Waals surface area contributed by atoms with Crippen molar-refractivity contribution in [3.8, 4) is 5.75 Å². The maximum atomic E-state index is 11.6. The monoisotopic (exact) mass is 283 g/mol. The summed E-state index contributed by atoms with van der Waals surface area (Å²) in [5.41, 5.74) is 1.37. The Morgan fingerprint density at radius 3 is 2.39 bits per heavy atom. The van der Waals surface area contributed by atoms with Crippen molar-refractivity contribution in [1.82, 2.24) is 4.98 Å². The summed E-state index contributed by atoms with van der Waals surface area (Å²) in [6.07, 6.45) is 1.50. The average molecular weight is 284 g/mol. The number of phenols is 1. The molecule has 0 atom stereocenters. The van der Waals surface area contributed by atoms with Crippen molar-refractivity contribution in [1.29, 1.82) is 0 Å². The lowest BCUT2D eigenvalue weighted by Gasteiger charge is -2.22. The quantitative estimate of drug-likeness (QED) is 0.833. The molecule has 0 fully saturated rings. The number of nitrogens with one attached hydrogen (secondary N) is 1. The molecule has 1 aromatic carbocycles. The van der Waals surface area contributed by atoms with Crippen molar-refractivity contribution < 1.29 is 5.11 Å². The number of aromatic nitrogens is 1. The highest BCUT2D eigenvalue weighted by Gasteiger charge is 2.31. The first-order chi connectivity index (χ1) is 8.43. The van der Waals surface area contributed by atoms with Crippen molar-refractivity contribution in [3.05, 3.63) is 63.6 Å². The highest BCUT2D eigenvalue weighted by Crippen LogP contribution is 2.41. The minimum atomic E-state index is -1.33. The van der Waals surface area contributed by atoms with Gasteiger partial charge in [-0.15, -0.1) is 0 Å². The van der Waals surface area contributed by atoms with Crippen LogP contribution in [0.15, 0.2) is 41.3 Å². The molecule has 1 aromatic heterocycles. The van der Waals surface area contributed by atoms with Gasteiger partial charge in [-0.3, -0.25) is 4.79 Å². The van der Waals surface area contributed by atoms with Crippen LogP contribution in [0.3, 0.4) is 0 Å². The van der Waals surface area contributed by atoms with Crippen LogP contribution in [0.2, 0.25) is 0 Å². The number of hydrogen-bond acceptors (Lipinski definition) is 2. The minimum absolute atomic E-state index is 0.130. The highest BCUT2D eigenvalue weighted by atomic mass is 35.5. The fourth-order valence-electron chi connectivity index (χ4n) is 1.72. The van der Waals surface area contributed by atoms with Gasteiger partial charge in [-0.2, -0.15) is 0 Å². The van der Waals surface area contributed by atoms with Gasteiger partial charge in [0.1, 0.15) is 5.75 Å². The molecule has 2 rings (SSSR count). The first-order valence-corrected chi connectivity index (χ1v) is 6.04. The van der Waals surface area contributed by atoms with E-state index in [4.69, 9.17) is 23.2 Å². The number of pyridine rings is 1. The topological polar surface area (TPSA) is 53.1 Å². The van der Waals surface area contributed by atoms with Gasteiger partial charge in [0.05, 0.1) is 0 Å². The molecule has 0 radical (unpaired) electrons. The van der Waals surface area contributed by atoms with E-state index in [1.165, 1.54) is 18.3 Å². The van der Waals surface area contributed by atoms with Gasteiger partial charge in [0, 0.05) is 17.3 Å². The number of halogens is 2. The Bertz CT molecular complexity index is 618. The summed E-state index contributed by atoms with van der Waals surface area (Å²) in [5.74, 6) is 0.130. The molecule has 0 saturated carbocycles. The van der Waals surface area contributed by atoms with Gasteiger partial charge in [0.15, 0.2) is 4.33 Å². The van der Waals surface area contributed by atoms with E-state index in [1.54, 1.807) is 25.1 Å². The first-order valence-electron chi connectivity index (χ1n) is 5.29. The van der Waals surface area contributed by atoms with E-state index in [9.17, 15) is 9.90 Å². The number of rotatable bonds is 2. The molecular weight excluding hydrogens is 273 g/mol. The van der Waals surface area contributed by atoms with Gasteiger partial charge in [-0.1, -0.05) is 35.3 Å². The van der Waals surface area contributed by atoms with E-state index < -0.39 is 4.33 Å². The summed E-state index contributed by atoms with van der Waals surface area (Å²) in [5, 5.41) is 9.25. The zero-order valence-electron chi connectivity index (χ0n) is 9.58. The number of aromatic hydroxyl groups is 1. The molecule has 0 aliphatic heterocycles. The van der Waals surface area contributed by atoms with Crippen LogP contribution in [0.4, 0.5) is 0 Å². The molecule has 2 aromatic rings. The third-order valence-corrected chi connectivity index (χ3v) is 3.62. The largest absolute Gasteiger partial charge is 0.508 e. The van der Waals surface area contributed by atoms with E-state index in [0.717, 1.165) is 0 Å². The van der Waals surface area contributed by atoms with Crippen molar-refractivity contribution in [3.63, 3.8) is 0 Å². The van der Waals surface area contributed by atoms with Crippen molar-refractivity contribution in [2.75, 3.05) is 0 Å². The molecule has 94 valence electrons. The molecule has 18 heavy (non-hydrogen) atoms. The molecule has 5 heteroatoms. The average Bonchev–Trinajstić information content (AvgIpc) is 2.33. The van der Waals surface area contributed by atoms with E-state index in [-0.39, 0.29) is 11.3 Å². The van der Waals surface area contributed by atoms with Gasteiger partial charge in [0.2, 0.25) is 0 Å². The SMILES string of the molecule is Cc1c(C(Cl)(Cl)c2ccc(O)cc2)cc[nH]c1=O. The molecule has 0 bridgehead atoms. The third kappa shape index (κ3) is 2.24. The lowest BCUT2D eigenvalue weighted by molar-refractivity contribution is 0.475. The Kier molecular flexibility index (Phi) is 3.37. The second kappa shape index (κ2) is 4.67. The molecule has 2 N–H and O–H groups in total. The normalized spacial score (nSPS) is 11.5. The van der Waals surface area contributed by atoms with Crippen LogP contribution >= 0.6 is 23.2 Å². The van der Waals surface area contributed by atoms with Crippen LogP contribution in [0.25, 0.3) is 0 Å². The number of benzene rings is 1. The molecule has 0 aliphatic carbocycles. The van der Waals surface area contributed by atoms with Crippen LogP contribution in [0.1, 0.15) is 16.7 Å². The smallest absolute Gasteiger partial charge is 0.251 e. The van der Waals surface area contributed by atoms with Crippen LogP contribution in [-0.4, -0.2) is 10.1 Å². The predicted molar refractivity (Wildman–Crippen MR) is 72.4 cm³/mol. The summed E-state index contributed by atoms with van der Waals surface area (Å²) in [7, 11) is 0. The van der Waals surface area contributed by atoms with Gasteiger partial charge in [-0.05, 0) is 30.7 Å². The van der Waals surface area contributed by atoms with Crippen LogP contribution in [0, 0.1) is 6.92 Å². The maximum absolute atomic E-state index is 11.6. The second-order valence-corrected chi connectivity index (χ2v) is 5.29. The number of hydrogen-bond donors (Lipinski definition) is 2. The van der Waals surface area contributed by atoms with Crippen LogP contribution in [0.5, 0.6) is 5.75 Å². The maximum Gasteiger partial charge on any atom is 0.251 e. The summed E-state index contributed by atoms with van der Waals surface area (Å²) < 4.78 is -1.33. The molecule has 0 unspecified atom stereocenters. The standard InChI is InChI=1S/C13H11Cl2NO2/c1-8-11(6-7-16-12(8)18)13(14,15)9-2-4-10(17)5-3-9/h2-7,17H,1H3,(H,16,18). The van der Waals surface area contributed by atoms with E-state index >= 15 is 0 Å². The first kappa shape index (κ1) is 13.0.